The molecule has 1 aromatic carbocycles. The molecular formula is C14H10N6O4. The van der Waals surface area contributed by atoms with Gasteiger partial charge in [0.25, 0.3) is 11.6 Å². The second-order valence-electron chi connectivity index (χ2n) is 4.65. The van der Waals surface area contributed by atoms with Crippen molar-refractivity contribution in [3.63, 3.8) is 0 Å². The number of hydrogen-bond donors (Lipinski definition) is 2. The van der Waals surface area contributed by atoms with Crippen molar-refractivity contribution in [2.24, 2.45) is 0 Å². The molecule has 0 saturated carbocycles. The number of non-ortho nitro benzene ring substituents is 1. The molecule has 2 aromatic heterocycles. The van der Waals surface area contributed by atoms with Gasteiger partial charge in [0, 0.05) is 18.3 Å². The van der Waals surface area contributed by atoms with Gasteiger partial charge in [-0.3, -0.25) is 14.9 Å². The summed E-state index contributed by atoms with van der Waals surface area (Å²) in [5.74, 6) is -0.815. The molecule has 0 atom stereocenters. The van der Waals surface area contributed by atoms with E-state index in [-0.39, 0.29) is 22.9 Å². The molecule has 3 aromatic rings. The average molecular weight is 326 g/mol. The number of nitrogens with one attached hydrogen (secondary N) is 1. The summed E-state index contributed by atoms with van der Waals surface area (Å²) in [4.78, 5) is 26.2. The fourth-order valence-corrected chi connectivity index (χ4v) is 1.91. The van der Waals surface area contributed by atoms with Crippen LogP contribution in [0.5, 0.6) is 5.75 Å². The quantitative estimate of drug-likeness (QED) is 0.548. The van der Waals surface area contributed by atoms with Gasteiger partial charge in [-0.2, -0.15) is 0 Å². The summed E-state index contributed by atoms with van der Waals surface area (Å²) in [5, 5.41) is 30.3. The van der Waals surface area contributed by atoms with E-state index >= 15 is 0 Å². The minimum atomic E-state index is -0.624. The van der Waals surface area contributed by atoms with Gasteiger partial charge in [0.15, 0.2) is 17.3 Å². The standard InChI is InChI=1S/C14H10N6O4/c21-12-5-2-6-15-13(12)16-14(22)11-8-19(18-17-11)9-3-1-4-10(7-9)20(23)24/h1-8,21H,(H,15,16,22). The number of amides is 1. The van der Waals surface area contributed by atoms with Crippen molar-refractivity contribution in [3.8, 4) is 11.4 Å². The van der Waals surface area contributed by atoms with Crippen molar-refractivity contribution in [2.45, 2.75) is 0 Å². The molecule has 120 valence electrons. The Kier molecular flexibility index (Phi) is 3.85. The number of hydrogen-bond acceptors (Lipinski definition) is 7. The van der Waals surface area contributed by atoms with Gasteiger partial charge in [-0.25, -0.2) is 9.67 Å². The molecule has 3 rings (SSSR count). The maximum Gasteiger partial charge on any atom is 0.279 e. The molecule has 0 aliphatic carbocycles. The van der Waals surface area contributed by atoms with Gasteiger partial charge in [0.05, 0.1) is 16.8 Å². The van der Waals surface area contributed by atoms with Crippen LogP contribution in [0.2, 0.25) is 0 Å². The third kappa shape index (κ3) is 3.02. The number of aromatic hydroxyl groups is 1. The first kappa shape index (κ1) is 15.1. The van der Waals surface area contributed by atoms with Crippen LogP contribution in [0.15, 0.2) is 48.8 Å². The maximum atomic E-state index is 12.1. The summed E-state index contributed by atoms with van der Waals surface area (Å²) in [6.07, 6.45) is 2.73. The van der Waals surface area contributed by atoms with E-state index in [1.54, 1.807) is 6.07 Å². The molecule has 0 radical (unpaired) electrons. The Morgan fingerprint density at radius 3 is 2.88 bits per heavy atom. The summed E-state index contributed by atoms with van der Waals surface area (Å²) in [6, 6.07) is 8.64. The van der Waals surface area contributed by atoms with Crippen molar-refractivity contribution in [2.75, 3.05) is 5.32 Å². The molecule has 0 saturated heterocycles. The highest BCUT2D eigenvalue weighted by Gasteiger charge is 2.15. The third-order valence-electron chi connectivity index (χ3n) is 3.05. The molecule has 0 bridgehead atoms. The van der Waals surface area contributed by atoms with Crippen LogP contribution in [0.3, 0.4) is 0 Å². The van der Waals surface area contributed by atoms with Crippen molar-refractivity contribution >= 4 is 17.4 Å². The molecule has 0 aliphatic heterocycles. The van der Waals surface area contributed by atoms with E-state index in [9.17, 15) is 20.0 Å². The Labute approximate surface area is 134 Å². The molecule has 0 spiro atoms. The van der Waals surface area contributed by atoms with Gasteiger partial charge >= 0.3 is 0 Å². The first-order chi connectivity index (χ1) is 11.5. The maximum absolute atomic E-state index is 12.1. The number of nitro groups is 1. The summed E-state index contributed by atoms with van der Waals surface area (Å²) in [7, 11) is 0. The number of carbonyl (C=O) groups is 1. The number of pyridine rings is 1. The van der Waals surface area contributed by atoms with E-state index < -0.39 is 10.8 Å². The van der Waals surface area contributed by atoms with Crippen molar-refractivity contribution in [1.82, 2.24) is 20.0 Å². The molecule has 10 heteroatoms. The molecular weight excluding hydrogens is 316 g/mol. The number of anilines is 1. The highest BCUT2D eigenvalue weighted by Crippen LogP contribution is 2.19. The number of benzene rings is 1. The zero-order valence-electron chi connectivity index (χ0n) is 12.0. The Bertz CT molecular complexity index is 923. The zero-order valence-corrected chi connectivity index (χ0v) is 12.0. The second kappa shape index (κ2) is 6.12. The van der Waals surface area contributed by atoms with Crippen molar-refractivity contribution < 1.29 is 14.8 Å². The van der Waals surface area contributed by atoms with E-state index in [1.165, 1.54) is 47.4 Å². The van der Waals surface area contributed by atoms with E-state index in [2.05, 4.69) is 20.6 Å². The van der Waals surface area contributed by atoms with Gasteiger partial charge in [-0.1, -0.05) is 11.3 Å². The van der Waals surface area contributed by atoms with Crippen LogP contribution in [-0.4, -0.2) is 35.9 Å². The number of rotatable bonds is 4. The molecule has 0 aliphatic rings. The van der Waals surface area contributed by atoms with Crippen LogP contribution in [-0.2, 0) is 0 Å². The van der Waals surface area contributed by atoms with E-state index in [0.717, 1.165) is 0 Å². The summed E-state index contributed by atoms with van der Waals surface area (Å²) < 4.78 is 1.24. The fraction of sp³-hybridized carbons (Fsp3) is 0. The van der Waals surface area contributed by atoms with Crippen LogP contribution in [0.1, 0.15) is 10.5 Å². The third-order valence-corrected chi connectivity index (χ3v) is 3.05. The molecule has 0 unspecified atom stereocenters. The average Bonchev–Trinajstić information content (AvgIpc) is 3.07. The van der Waals surface area contributed by atoms with Gasteiger partial charge in [-0.05, 0) is 18.2 Å². The molecule has 2 N–H and O–H groups in total. The Morgan fingerprint density at radius 1 is 1.29 bits per heavy atom. The SMILES string of the molecule is O=C(Nc1ncccc1O)c1cn(-c2cccc([N+](=O)[O-])c2)nn1. The van der Waals surface area contributed by atoms with Crippen LogP contribution >= 0.6 is 0 Å². The topological polar surface area (TPSA) is 136 Å². The fourth-order valence-electron chi connectivity index (χ4n) is 1.91. The Morgan fingerprint density at radius 2 is 2.12 bits per heavy atom. The summed E-state index contributed by atoms with van der Waals surface area (Å²) in [6.45, 7) is 0. The largest absolute Gasteiger partial charge is 0.504 e. The predicted octanol–water partition coefficient (Wildman–Crippen LogP) is 1.53. The number of aromatic nitrogens is 4. The number of carbonyl (C=O) groups excluding carboxylic acids is 1. The lowest BCUT2D eigenvalue weighted by molar-refractivity contribution is -0.384. The van der Waals surface area contributed by atoms with Crippen molar-refractivity contribution in [1.29, 1.82) is 0 Å². The lowest BCUT2D eigenvalue weighted by Gasteiger charge is -2.03. The highest BCUT2D eigenvalue weighted by molar-refractivity contribution is 6.02. The highest BCUT2D eigenvalue weighted by atomic mass is 16.6. The minimum Gasteiger partial charge on any atom is -0.504 e. The number of nitrogens with zero attached hydrogens (tertiary/aromatic N) is 5. The summed E-state index contributed by atoms with van der Waals surface area (Å²) >= 11 is 0. The van der Waals surface area contributed by atoms with Crippen LogP contribution < -0.4 is 5.32 Å². The smallest absolute Gasteiger partial charge is 0.279 e. The van der Waals surface area contributed by atoms with Crippen LogP contribution in [0, 0.1) is 10.1 Å². The molecule has 24 heavy (non-hydrogen) atoms. The zero-order chi connectivity index (χ0) is 17.1. The molecule has 1 amide bonds. The van der Waals surface area contributed by atoms with E-state index in [0.29, 0.717) is 5.69 Å². The summed E-state index contributed by atoms with van der Waals surface area (Å²) in [5.41, 5.74) is 0.246. The Balaban J connectivity index is 1.83. The Hall–Kier alpha value is -3.82. The molecule has 2 heterocycles. The normalized spacial score (nSPS) is 10.3. The lowest BCUT2D eigenvalue weighted by atomic mass is 10.3. The molecule has 0 fully saturated rings. The molecule has 10 nitrogen and oxygen atoms in total. The number of nitro benzene ring substituents is 1. The van der Waals surface area contributed by atoms with Gasteiger partial charge in [-0.15, -0.1) is 5.10 Å². The van der Waals surface area contributed by atoms with Crippen LogP contribution in [0.25, 0.3) is 5.69 Å². The van der Waals surface area contributed by atoms with Gasteiger partial charge < -0.3 is 10.4 Å². The van der Waals surface area contributed by atoms with Gasteiger partial charge in [0.2, 0.25) is 0 Å². The predicted molar refractivity (Wildman–Crippen MR) is 81.9 cm³/mol. The van der Waals surface area contributed by atoms with Gasteiger partial charge in [0.1, 0.15) is 0 Å². The first-order valence-electron chi connectivity index (χ1n) is 6.67. The van der Waals surface area contributed by atoms with E-state index in [1.807, 2.05) is 0 Å². The van der Waals surface area contributed by atoms with Crippen molar-refractivity contribution in [3.05, 3.63) is 64.6 Å². The second-order valence-corrected chi connectivity index (χ2v) is 4.65. The minimum absolute atomic E-state index is 0.00704. The monoisotopic (exact) mass is 326 g/mol. The van der Waals surface area contributed by atoms with Crippen LogP contribution in [0.4, 0.5) is 11.5 Å². The first-order valence-corrected chi connectivity index (χ1v) is 6.67. The van der Waals surface area contributed by atoms with E-state index in [4.69, 9.17) is 0 Å². The lowest BCUT2D eigenvalue weighted by Crippen LogP contribution is -2.13.